The molecule has 0 bridgehead atoms. The minimum atomic E-state index is -0.449. The van der Waals surface area contributed by atoms with E-state index in [9.17, 15) is 9.59 Å². The average Bonchev–Trinajstić information content (AvgIpc) is 2.98. The number of amides is 2. The number of carbonyl (C=O) groups excluding carboxylic acids is 2. The van der Waals surface area contributed by atoms with Gasteiger partial charge in [-0.3, -0.25) is 9.59 Å². The highest BCUT2D eigenvalue weighted by atomic mass is 16.5. The first kappa shape index (κ1) is 19.4. The standard InChI is InChI=1S/C22H22N2O4/c1-4-27-19-12-11-16(14-20(19)28-5-2)13-18-15(3)23-24(22(18)26)21(25)17-9-7-6-8-10-17/h6-14H,4-5H2,1-3H3/b18-13+. The molecule has 6 nitrogen and oxygen atoms in total. The highest BCUT2D eigenvalue weighted by Gasteiger charge is 2.32. The Morgan fingerprint density at radius 1 is 1.04 bits per heavy atom. The Bertz CT molecular complexity index is 948. The SMILES string of the molecule is CCOc1ccc(/C=C2/C(=O)N(C(=O)c3ccccc3)N=C2C)cc1OCC. The van der Waals surface area contributed by atoms with Gasteiger partial charge in [-0.25, -0.2) is 0 Å². The van der Waals surface area contributed by atoms with Gasteiger partial charge in [0.05, 0.1) is 24.5 Å². The number of ether oxygens (including phenoxy) is 2. The second-order valence-electron chi connectivity index (χ2n) is 6.10. The molecule has 6 heteroatoms. The summed E-state index contributed by atoms with van der Waals surface area (Å²) < 4.78 is 11.2. The fourth-order valence-corrected chi connectivity index (χ4v) is 2.85. The van der Waals surface area contributed by atoms with Crippen molar-refractivity contribution in [1.29, 1.82) is 0 Å². The lowest BCUT2D eigenvalue weighted by molar-refractivity contribution is -0.123. The molecular formula is C22H22N2O4. The van der Waals surface area contributed by atoms with Gasteiger partial charge in [0.15, 0.2) is 11.5 Å². The van der Waals surface area contributed by atoms with Gasteiger partial charge in [0.1, 0.15) is 0 Å². The summed E-state index contributed by atoms with van der Waals surface area (Å²) >= 11 is 0. The second-order valence-corrected chi connectivity index (χ2v) is 6.10. The average molecular weight is 378 g/mol. The van der Waals surface area contributed by atoms with Crippen LogP contribution in [0.15, 0.2) is 59.2 Å². The minimum absolute atomic E-state index is 0.371. The number of benzene rings is 2. The molecule has 1 aliphatic heterocycles. The van der Waals surface area contributed by atoms with Crippen molar-refractivity contribution in [1.82, 2.24) is 5.01 Å². The van der Waals surface area contributed by atoms with Crippen LogP contribution in [0.1, 0.15) is 36.7 Å². The van der Waals surface area contributed by atoms with E-state index in [1.807, 2.05) is 32.0 Å². The molecule has 0 saturated carbocycles. The van der Waals surface area contributed by atoms with Crippen LogP contribution in [0, 0.1) is 0 Å². The van der Waals surface area contributed by atoms with Gasteiger partial charge in [-0.1, -0.05) is 24.3 Å². The Hall–Kier alpha value is -3.41. The second kappa shape index (κ2) is 8.52. The van der Waals surface area contributed by atoms with Gasteiger partial charge in [0, 0.05) is 5.56 Å². The number of carbonyl (C=O) groups is 2. The Morgan fingerprint density at radius 3 is 2.39 bits per heavy atom. The van der Waals surface area contributed by atoms with Gasteiger partial charge in [-0.15, -0.1) is 0 Å². The molecule has 2 aromatic rings. The maximum Gasteiger partial charge on any atom is 0.283 e. The third kappa shape index (κ3) is 3.96. The van der Waals surface area contributed by atoms with Gasteiger partial charge >= 0.3 is 0 Å². The van der Waals surface area contributed by atoms with Gasteiger partial charge in [0.2, 0.25) is 0 Å². The van der Waals surface area contributed by atoms with Gasteiger partial charge in [0.25, 0.3) is 11.8 Å². The molecule has 3 rings (SSSR count). The van der Waals surface area contributed by atoms with Crippen LogP contribution in [0.5, 0.6) is 11.5 Å². The van der Waals surface area contributed by atoms with Crippen molar-refractivity contribution in [3.63, 3.8) is 0 Å². The van der Waals surface area contributed by atoms with Crippen LogP contribution < -0.4 is 9.47 Å². The molecule has 0 saturated heterocycles. The Morgan fingerprint density at radius 2 is 1.71 bits per heavy atom. The first-order valence-corrected chi connectivity index (χ1v) is 9.15. The summed E-state index contributed by atoms with van der Waals surface area (Å²) in [5.41, 5.74) is 2.03. The fourth-order valence-electron chi connectivity index (χ4n) is 2.85. The molecule has 0 unspecified atom stereocenters. The van der Waals surface area contributed by atoms with Crippen molar-refractivity contribution in [2.75, 3.05) is 13.2 Å². The normalized spacial score (nSPS) is 15.0. The van der Waals surface area contributed by atoms with Crippen LogP contribution in [-0.2, 0) is 4.79 Å². The van der Waals surface area contributed by atoms with Crippen molar-refractivity contribution in [3.8, 4) is 11.5 Å². The van der Waals surface area contributed by atoms with E-state index >= 15 is 0 Å². The molecule has 144 valence electrons. The maximum absolute atomic E-state index is 12.8. The van der Waals surface area contributed by atoms with Crippen LogP contribution >= 0.6 is 0 Å². The fraction of sp³-hybridized carbons (Fsp3) is 0.227. The van der Waals surface area contributed by atoms with E-state index in [2.05, 4.69) is 5.10 Å². The quantitative estimate of drug-likeness (QED) is 0.564. The van der Waals surface area contributed by atoms with Crippen molar-refractivity contribution in [2.24, 2.45) is 5.10 Å². The highest BCUT2D eigenvalue weighted by Crippen LogP contribution is 2.30. The van der Waals surface area contributed by atoms with Crippen LogP contribution in [0.4, 0.5) is 0 Å². The first-order chi connectivity index (χ1) is 13.5. The molecule has 1 aliphatic rings. The third-order valence-electron chi connectivity index (χ3n) is 4.15. The Balaban J connectivity index is 1.89. The first-order valence-electron chi connectivity index (χ1n) is 9.15. The zero-order valence-corrected chi connectivity index (χ0v) is 16.1. The summed E-state index contributed by atoms with van der Waals surface area (Å²) in [6.07, 6.45) is 1.71. The highest BCUT2D eigenvalue weighted by molar-refractivity contribution is 6.30. The number of hydrazone groups is 1. The summed E-state index contributed by atoms with van der Waals surface area (Å²) in [6.45, 7) is 6.53. The van der Waals surface area contributed by atoms with Crippen molar-refractivity contribution in [3.05, 3.63) is 65.2 Å². The van der Waals surface area contributed by atoms with Crippen LogP contribution in [0.3, 0.4) is 0 Å². The number of rotatable bonds is 6. The molecule has 0 radical (unpaired) electrons. The van der Waals surface area contributed by atoms with E-state index in [1.165, 1.54) is 0 Å². The molecule has 2 aromatic carbocycles. The molecule has 1 heterocycles. The smallest absolute Gasteiger partial charge is 0.283 e. The van der Waals surface area contributed by atoms with Crippen molar-refractivity contribution >= 4 is 23.6 Å². The largest absolute Gasteiger partial charge is 0.490 e. The predicted octanol–water partition coefficient (Wildman–Crippen LogP) is 3.93. The monoisotopic (exact) mass is 378 g/mol. The lowest BCUT2D eigenvalue weighted by Gasteiger charge is -2.12. The lowest BCUT2D eigenvalue weighted by atomic mass is 10.1. The number of hydrogen-bond donors (Lipinski definition) is 0. The molecule has 0 aliphatic carbocycles. The van der Waals surface area contributed by atoms with Gasteiger partial charge in [-0.2, -0.15) is 10.1 Å². The summed E-state index contributed by atoms with van der Waals surface area (Å²) in [5, 5.41) is 5.07. The van der Waals surface area contributed by atoms with E-state index in [-0.39, 0.29) is 0 Å². The van der Waals surface area contributed by atoms with E-state index < -0.39 is 11.8 Å². The van der Waals surface area contributed by atoms with Gasteiger partial charge < -0.3 is 9.47 Å². The summed E-state index contributed by atoms with van der Waals surface area (Å²) in [6, 6.07) is 14.1. The van der Waals surface area contributed by atoms with E-state index in [1.54, 1.807) is 43.3 Å². The number of hydrogen-bond acceptors (Lipinski definition) is 5. The number of nitrogens with zero attached hydrogens (tertiary/aromatic N) is 2. The molecule has 0 N–H and O–H groups in total. The zero-order valence-electron chi connectivity index (χ0n) is 16.1. The zero-order chi connectivity index (χ0) is 20.1. The molecular weight excluding hydrogens is 356 g/mol. The number of imide groups is 1. The molecule has 0 atom stereocenters. The summed E-state index contributed by atoms with van der Waals surface area (Å²) in [7, 11) is 0. The molecule has 0 aromatic heterocycles. The summed E-state index contributed by atoms with van der Waals surface area (Å²) in [5.74, 6) is 0.361. The van der Waals surface area contributed by atoms with Crippen LogP contribution in [0.2, 0.25) is 0 Å². The van der Waals surface area contributed by atoms with E-state index in [0.717, 1.165) is 10.6 Å². The van der Waals surface area contributed by atoms with Crippen LogP contribution in [0.25, 0.3) is 6.08 Å². The molecule has 0 spiro atoms. The Kier molecular flexibility index (Phi) is 5.89. The Labute approximate surface area is 164 Å². The van der Waals surface area contributed by atoms with Crippen molar-refractivity contribution < 1.29 is 19.1 Å². The third-order valence-corrected chi connectivity index (χ3v) is 4.15. The van der Waals surface area contributed by atoms with E-state index in [4.69, 9.17) is 9.47 Å². The lowest BCUT2D eigenvalue weighted by Crippen LogP contribution is -2.29. The van der Waals surface area contributed by atoms with Crippen molar-refractivity contribution in [2.45, 2.75) is 20.8 Å². The molecule has 2 amide bonds. The molecule has 28 heavy (non-hydrogen) atoms. The van der Waals surface area contributed by atoms with Gasteiger partial charge in [-0.05, 0) is 56.7 Å². The maximum atomic E-state index is 12.8. The topological polar surface area (TPSA) is 68.2 Å². The van der Waals surface area contributed by atoms with E-state index in [0.29, 0.717) is 41.6 Å². The van der Waals surface area contributed by atoms with Crippen LogP contribution in [-0.4, -0.2) is 35.7 Å². The predicted molar refractivity (Wildman–Crippen MR) is 107 cm³/mol. The molecule has 0 fully saturated rings. The summed E-state index contributed by atoms with van der Waals surface area (Å²) in [4.78, 5) is 25.4. The minimum Gasteiger partial charge on any atom is -0.490 e.